The van der Waals surface area contributed by atoms with E-state index in [1.165, 1.54) is 51.4 Å². The van der Waals surface area contributed by atoms with Crippen molar-refractivity contribution in [2.24, 2.45) is 11.8 Å². The van der Waals surface area contributed by atoms with Crippen LogP contribution in [0.2, 0.25) is 0 Å². The van der Waals surface area contributed by atoms with E-state index in [1.807, 2.05) is 0 Å². The van der Waals surface area contributed by atoms with E-state index in [0.29, 0.717) is 6.10 Å². The Morgan fingerprint density at radius 2 is 1.79 bits per heavy atom. The zero-order valence-corrected chi connectivity index (χ0v) is 9.50. The number of rotatable bonds is 3. The fraction of sp³-hybridized carbons (Fsp3) is 1.00. The largest absolute Gasteiger partial charge is 0.378 e. The molecular formula is C13H24O. The Morgan fingerprint density at radius 3 is 2.64 bits per heavy atom. The molecule has 0 saturated heterocycles. The first-order valence-corrected chi connectivity index (χ1v) is 6.53. The first-order chi connectivity index (χ1) is 6.92. The molecule has 0 N–H and O–H groups in total. The first kappa shape index (κ1) is 10.5. The fourth-order valence-corrected chi connectivity index (χ4v) is 3.36. The molecule has 2 aliphatic carbocycles. The molecule has 0 aromatic carbocycles. The second kappa shape index (κ2) is 5.16. The highest BCUT2D eigenvalue weighted by Crippen LogP contribution is 2.41. The number of ether oxygens (including phenoxy) is 1. The van der Waals surface area contributed by atoms with Gasteiger partial charge < -0.3 is 4.74 Å². The molecule has 2 rings (SSSR count). The zero-order valence-electron chi connectivity index (χ0n) is 9.50. The molecular weight excluding hydrogens is 172 g/mol. The van der Waals surface area contributed by atoms with Gasteiger partial charge in [0, 0.05) is 6.61 Å². The van der Waals surface area contributed by atoms with E-state index in [4.69, 9.17) is 4.74 Å². The van der Waals surface area contributed by atoms with Gasteiger partial charge in [-0.2, -0.15) is 0 Å². The Balaban J connectivity index is 1.88. The molecule has 2 aliphatic rings. The van der Waals surface area contributed by atoms with Crippen molar-refractivity contribution in [1.29, 1.82) is 0 Å². The van der Waals surface area contributed by atoms with Crippen LogP contribution < -0.4 is 0 Å². The van der Waals surface area contributed by atoms with Crippen molar-refractivity contribution in [2.75, 3.05) is 6.61 Å². The summed E-state index contributed by atoms with van der Waals surface area (Å²) in [5.41, 5.74) is 0. The summed E-state index contributed by atoms with van der Waals surface area (Å²) in [6.45, 7) is 3.19. The first-order valence-electron chi connectivity index (χ1n) is 6.53. The highest BCUT2D eigenvalue weighted by molar-refractivity contribution is 4.85. The molecule has 0 radical (unpaired) electrons. The summed E-state index contributed by atoms with van der Waals surface area (Å²) in [6.07, 6.45) is 11.9. The quantitative estimate of drug-likeness (QED) is 0.667. The van der Waals surface area contributed by atoms with Crippen LogP contribution in [0.4, 0.5) is 0 Å². The number of hydrogen-bond acceptors (Lipinski definition) is 1. The highest BCUT2D eigenvalue weighted by atomic mass is 16.5. The molecule has 1 nitrogen and oxygen atoms in total. The van der Waals surface area contributed by atoms with E-state index in [2.05, 4.69) is 6.92 Å². The second-order valence-corrected chi connectivity index (χ2v) is 5.05. The van der Waals surface area contributed by atoms with E-state index in [9.17, 15) is 0 Å². The highest BCUT2D eigenvalue weighted by Gasteiger charge is 2.34. The van der Waals surface area contributed by atoms with Crippen LogP contribution in [-0.2, 0) is 4.74 Å². The molecule has 0 bridgehead atoms. The van der Waals surface area contributed by atoms with Crippen molar-refractivity contribution < 1.29 is 4.74 Å². The van der Waals surface area contributed by atoms with Gasteiger partial charge in [-0.15, -0.1) is 0 Å². The van der Waals surface area contributed by atoms with Gasteiger partial charge in [0.2, 0.25) is 0 Å². The van der Waals surface area contributed by atoms with Crippen molar-refractivity contribution in [3.8, 4) is 0 Å². The van der Waals surface area contributed by atoms with Crippen molar-refractivity contribution in [2.45, 2.75) is 64.4 Å². The van der Waals surface area contributed by atoms with Crippen LogP contribution in [0.1, 0.15) is 58.3 Å². The van der Waals surface area contributed by atoms with Crippen LogP contribution in [-0.4, -0.2) is 12.7 Å². The lowest BCUT2D eigenvalue weighted by atomic mass is 9.69. The normalized spacial score (nSPS) is 37.9. The Bertz CT molecular complexity index is 165. The van der Waals surface area contributed by atoms with Gasteiger partial charge in [-0.05, 0) is 37.5 Å². The fourth-order valence-electron chi connectivity index (χ4n) is 3.36. The van der Waals surface area contributed by atoms with Crippen LogP contribution in [0.15, 0.2) is 0 Å². The Hall–Kier alpha value is -0.0400. The molecule has 3 unspecified atom stereocenters. The smallest absolute Gasteiger partial charge is 0.0605 e. The number of fused-ring (bicyclic) bond motifs is 1. The van der Waals surface area contributed by atoms with Crippen LogP contribution in [0, 0.1) is 11.8 Å². The summed E-state index contributed by atoms with van der Waals surface area (Å²) in [6, 6.07) is 0. The molecule has 82 valence electrons. The van der Waals surface area contributed by atoms with Gasteiger partial charge in [0.1, 0.15) is 0 Å². The zero-order chi connectivity index (χ0) is 9.80. The van der Waals surface area contributed by atoms with Gasteiger partial charge in [0.15, 0.2) is 0 Å². The van der Waals surface area contributed by atoms with Gasteiger partial charge in [0.25, 0.3) is 0 Å². The maximum Gasteiger partial charge on any atom is 0.0605 e. The van der Waals surface area contributed by atoms with Crippen molar-refractivity contribution in [1.82, 2.24) is 0 Å². The molecule has 0 spiro atoms. The molecule has 3 atom stereocenters. The third kappa shape index (κ3) is 2.31. The van der Waals surface area contributed by atoms with E-state index < -0.39 is 0 Å². The summed E-state index contributed by atoms with van der Waals surface area (Å²) < 4.78 is 6.00. The third-order valence-electron chi connectivity index (χ3n) is 4.05. The molecule has 2 saturated carbocycles. The van der Waals surface area contributed by atoms with Crippen LogP contribution >= 0.6 is 0 Å². The lowest BCUT2D eigenvalue weighted by molar-refractivity contribution is -0.0464. The van der Waals surface area contributed by atoms with Gasteiger partial charge in [-0.1, -0.05) is 32.6 Å². The topological polar surface area (TPSA) is 9.23 Å². The third-order valence-corrected chi connectivity index (χ3v) is 4.05. The predicted octanol–water partition coefficient (Wildman–Crippen LogP) is 3.77. The van der Waals surface area contributed by atoms with Crippen LogP contribution in [0.25, 0.3) is 0 Å². The Labute approximate surface area is 88.2 Å². The summed E-state index contributed by atoms with van der Waals surface area (Å²) >= 11 is 0. The maximum absolute atomic E-state index is 6.00. The molecule has 14 heavy (non-hydrogen) atoms. The van der Waals surface area contributed by atoms with E-state index in [1.54, 1.807) is 0 Å². The predicted molar refractivity (Wildman–Crippen MR) is 59.3 cm³/mol. The summed E-state index contributed by atoms with van der Waals surface area (Å²) in [7, 11) is 0. The summed E-state index contributed by atoms with van der Waals surface area (Å²) in [5, 5.41) is 0. The maximum atomic E-state index is 6.00. The second-order valence-electron chi connectivity index (χ2n) is 5.05. The van der Waals surface area contributed by atoms with E-state index in [0.717, 1.165) is 18.4 Å². The van der Waals surface area contributed by atoms with Crippen molar-refractivity contribution in [3.63, 3.8) is 0 Å². The number of hydrogen-bond donors (Lipinski definition) is 0. The minimum Gasteiger partial charge on any atom is -0.378 e. The van der Waals surface area contributed by atoms with Crippen LogP contribution in [0.3, 0.4) is 0 Å². The van der Waals surface area contributed by atoms with Crippen molar-refractivity contribution >= 4 is 0 Å². The molecule has 0 aliphatic heterocycles. The van der Waals surface area contributed by atoms with E-state index in [-0.39, 0.29) is 0 Å². The molecule has 2 fully saturated rings. The average molecular weight is 196 g/mol. The minimum absolute atomic E-state index is 0.619. The summed E-state index contributed by atoms with van der Waals surface area (Å²) in [5.74, 6) is 1.93. The molecule has 0 heterocycles. The molecule has 0 amide bonds. The lowest BCUT2D eigenvalue weighted by Crippen LogP contribution is -2.36. The van der Waals surface area contributed by atoms with Crippen LogP contribution in [0.5, 0.6) is 0 Å². The lowest BCUT2D eigenvalue weighted by Gasteiger charge is -2.41. The van der Waals surface area contributed by atoms with Gasteiger partial charge in [0.05, 0.1) is 6.10 Å². The Kier molecular flexibility index (Phi) is 3.86. The molecule has 1 heteroatoms. The van der Waals surface area contributed by atoms with E-state index >= 15 is 0 Å². The monoisotopic (exact) mass is 196 g/mol. The summed E-state index contributed by atoms with van der Waals surface area (Å²) in [4.78, 5) is 0. The standard InChI is InChI=1S/C13H24O/c1-2-10-14-13-9-5-7-11-6-3-4-8-12(11)13/h11-13H,2-10H2,1H3. The van der Waals surface area contributed by atoms with Crippen molar-refractivity contribution in [3.05, 3.63) is 0 Å². The average Bonchev–Trinajstić information content (AvgIpc) is 2.26. The molecule has 0 aromatic rings. The minimum atomic E-state index is 0.619. The van der Waals surface area contributed by atoms with Gasteiger partial charge in [-0.25, -0.2) is 0 Å². The molecule has 0 aromatic heterocycles. The SMILES string of the molecule is CCCOC1CCCC2CCCCC21. The van der Waals surface area contributed by atoms with Gasteiger partial charge >= 0.3 is 0 Å². The van der Waals surface area contributed by atoms with Gasteiger partial charge in [-0.3, -0.25) is 0 Å². The Morgan fingerprint density at radius 1 is 1.00 bits per heavy atom.